The van der Waals surface area contributed by atoms with E-state index < -0.39 is 0 Å². The first-order valence-corrected chi connectivity index (χ1v) is 8.63. The van der Waals surface area contributed by atoms with E-state index in [4.69, 9.17) is 0 Å². The Balaban J connectivity index is 1.46. The average molecular weight is 338 g/mol. The van der Waals surface area contributed by atoms with Crippen LogP contribution in [0.4, 0.5) is 5.82 Å². The summed E-state index contributed by atoms with van der Waals surface area (Å²) in [4.78, 5) is 18.7. The van der Waals surface area contributed by atoms with Gasteiger partial charge in [0.2, 0.25) is 0 Å². The number of aromatic amines is 1. The van der Waals surface area contributed by atoms with Crippen LogP contribution in [-0.2, 0) is 13.6 Å². The molecular formula is C18H22N6O. The average Bonchev–Trinajstić information content (AvgIpc) is 3.12. The lowest BCUT2D eigenvalue weighted by Crippen LogP contribution is -2.47. The molecule has 25 heavy (non-hydrogen) atoms. The van der Waals surface area contributed by atoms with E-state index in [2.05, 4.69) is 43.6 Å². The van der Waals surface area contributed by atoms with Crippen LogP contribution < -0.4 is 15.8 Å². The van der Waals surface area contributed by atoms with Crippen molar-refractivity contribution in [1.82, 2.24) is 25.1 Å². The van der Waals surface area contributed by atoms with Gasteiger partial charge in [-0.15, -0.1) is 0 Å². The number of piperidine rings is 1. The summed E-state index contributed by atoms with van der Waals surface area (Å²) < 4.78 is 1.58. The van der Waals surface area contributed by atoms with E-state index in [0.29, 0.717) is 11.9 Å². The SMILES string of the molecule is Cn1ccnc(N2CCC[C@@H](NCc3cccc4cn[nH]c34)C2)c1=O. The molecule has 3 heterocycles. The van der Waals surface area contributed by atoms with E-state index in [-0.39, 0.29) is 5.56 Å². The number of H-pyrrole nitrogens is 1. The standard InChI is InChI=1S/C18H22N6O/c1-23-9-7-19-17(18(23)25)24-8-3-6-15(12-24)20-10-13-4-2-5-14-11-21-22-16(13)14/h2,4-5,7,9,11,15,20H,3,6,8,10,12H2,1H3,(H,21,22)/t15-/m1/s1. The molecule has 0 aliphatic carbocycles. The predicted octanol–water partition coefficient (Wildman–Crippen LogP) is 1.42. The molecule has 0 bridgehead atoms. The fourth-order valence-electron chi connectivity index (χ4n) is 3.47. The van der Waals surface area contributed by atoms with Gasteiger partial charge < -0.3 is 14.8 Å². The molecule has 1 fully saturated rings. The molecule has 4 rings (SSSR count). The van der Waals surface area contributed by atoms with Crippen molar-refractivity contribution in [3.8, 4) is 0 Å². The summed E-state index contributed by atoms with van der Waals surface area (Å²) in [6, 6.07) is 6.56. The van der Waals surface area contributed by atoms with E-state index in [1.165, 1.54) is 5.56 Å². The fourth-order valence-corrected chi connectivity index (χ4v) is 3.47. The molecule has 1 aliphatic heterocycles. The van der Waals surface area contributed by atoms with Crippen LogP contribution in [0, 0.1) is 0 Å². The maximum atomic E-state index is 12.3. The van der Waals surface area contributed by atoms with Crippen LogP contribution in [0.3, 0.4) is 0 Å². The first kappa shape index (κ1) is 15.8. The molecule has 0 saturated carbocycles. The number of aromatic nitrogens is 4. The van der Waals surface area contributed by atoms with Crippen molar-refractivity contribution in [2.24, 2.45) is 7.05 Å². The van der Waals surface area contributed by atoms with E-state index in [1.807, 2.05) is 6.20 Å². The molecule has 1 aliphatic rings. The number of aryl methyl sites for hydroxylation is 1. The number of hydrogen-bond donors (Lipinski definition) is 2. The molecule has 1 atom stereocenters. The van der Waals surface area contributed by atoms with Gasteiger partial charge in [0.15, 0.2) is 5.82 Å². The Bertz CT molecular complexity index is 930. The summed E-state index contributed by atoms with van der Waals surface area (Å²) in [5.41, 5.74) is 2.26. The monoisotopic (exact) mass is 338 g/mol. The summed E-state index contributed by atoms with van der Waals surface area (Å²) in [7, 11) is 1.76. The summed E-state index contributed by atoms with van der Waals surface area (Å²) in [5.74, 6) is 0.548. The highest BCUT2D eigenvalue weighted by molar-refractivity contribution is 5.81. The van der Waals surface area contributed by atoms with Crippen LogP contribution in [0.25, 0.3) is 10.9 Å². The molecule has 2 aromatic heterocycles. The van der Waals surface area contributed by atoms with Gasteiger partial charge in [-0.25, -0.2) is 4.98 Å². The molecule has 0 radical (unpaired) electrons. The first-order valence-electron chi connectivity index (χ1n) is 8.63. The predicted molar refractivity (Wildman–Crippen MR) is 97.6 cm³/mol. The maximum Gasteiger partial charge on any atom is 0.293 e. The van der Waals surface area contributed by atoms with Crippen LogP contribution >= 0.6 is 0 Å². The summed E-state index contributed by atoms with van der Waals surface area (Å²) in [5, 5.41) is 11.9. The Morgan fingerprint density at radius 3 is 3.24 bits per heavy atom. The van der Waals surface area contributed by atoms with Gasteiger partial charge in [0.1, 0.15) is 0 Å². The highest BCUT2D eigenvalue weighted by Crippen LogP contribution is 2.18. The first-order chi connectivity index (χ1) is 12.2. The second kappa shape index (κ2) is 6.68. The molecule has 0 spiro atoms. The van der Waals surface area contributed by atoms with Crippen molar-refractivity contribution in [3.63, 3.8) is 0 Å². The zero-order chi connectivity index (χ0) is 17.2. The second-order valence-electron chi connectivity index (χ2n) is 6.58. The van der Waals surface area contributed by atoms with Crippen LogP contribution in [0.1, 0.15) is 18.4 Å². The van der Waals surface area contributed by atoms with Crippen LogP contribution in [0.2, 0.25) is 0 Å². The van der Waals surface area contributed by atoms with Gasteiger partial charge in [0.05, 0.1) is 11.7 Å². The smallest absolute Gasteiger partial charge is 0.293 e. The van der Waals surface area contributed by atoms with Crippen molar-refractivity contribution in [1.29, 1.82) is 0 Å². The Morgan fingerprint density at radius 1 is 1.40 bits per heavy atom. The van der Waals surface area contributed by atoms with Gasteiger partial charge >= 0.3 is 0 Å². The quantitative estimate of drug-likeness (QED) is 0.752. The molecule has 7 heteroatoms. The van der Waals surface area contributed by atoms with Crippen molar-refractivity contribution >= 4 is 16.7 Å². The zero-order valence-corrected chi connectivity index (χ0v) is 14.3. The van der Waals surface area contributed by atoms with Crippen molar-refractivity contribution in [2.45, 2.75) is 25.4 Å². The van der Waals surface area contributed by atoms with Gasteiger partial charge in [0, 0.05) is 50.5 Å². The number of anilines is 1. The van der Waals surface area contributed by atoms with Gasteiger partial charge in [0.25, 0.3) is 5.56 Å². The van der Waals surface area contributed by atoms with E-state index in [1.54, 1.807) is 24.0 Å². The molecule has 7 nitrogen and oxygen atoms in total. The van der Waals surface area contributed by atoms with Crippen LogP contribution in [-0.4, -0.2) is 38.9 Å². The van der Waals surface area contributed by atoms with E-state index in [0.717, 1.165) is 43.4 Å². The number of nitrogens with one attached hydrogen (secondary N) is 2. The van der Waals surface area contributed by atoms with Gasteiger partial charge in [-0.3, -0.25) is 9.89 Å². The Morgan fingerprint density at radius 2 is 2.32 bits per heavy atom. The number of fused-ring (bicyclic) bond motifs is 1. The van der Waals surface area contributed by atoms with Gasteiger partial charge in [-0.1, -0.05) is 18.2 Å². The normalized spacial score (nSPS) is 18.0. The third-order valence-electron chi connectivity index (χ3n) is 4.86. The fraction of sp³-hybridized carbons (Fsp3) is 0.389. The highest BCUT2D eigenvalue weighted by atomic mass is 16.1. The maximum absolute atomic E-state index is 12.3. The number of rotatable bonds is 4. The second-order valence-corrected chi connectivity index (χ2v) is 6.58. The molecular weight excluding hydrogens is 316 g/mol. The molecule has 0 amide bonds. The molecule has 130 valence electrons. The number of para-hydroxylation sites is 1. The minimum Gasteiger partial charge on any atom is -0.350 e. The van der Waals surface area contributed by atoms with Crippen molar-refractivity contribution in [2.75, 3.05) is 18.0 Å². The third kappa shape index (κ3) is 3.15. The number of benzene rings is 1. The van der Waals surface area contributed by atoms with Crippen LogP contribution in [0.5, 0.6) is 0 Å². The Labute approximate surface area is 145 Å². The minimum atomic E-state index is -0.0367. The summed E-state index contributed by atoms with van der Waals surface area (Å²) in [6.45, 7) is 2.45. The van der Waals surface area contributed by atoms with Gasteiger partial charge in [-0.2, -0.15) is 5.10 Å². The van der Waals surface area contributed by atoms with Crippen LogP contribution in [0.15, 0.2) is 41.6 Å². The van der Waals surface area contributed by atoms with Crippen molar-refractivity contribution in [3.05, 3.63) is 52.7 Å². The highest BCUT2D eigenvalue weighted by Gasteiger charge is 2.22. The molecule has 2 N–H and O–H groups in total. The molecule has 0 unspecified atom stereocenters. The Kier molecular flexibility index (Phi) is 4.23. The Hall–Kier alpha value is -2.67. The molecule has 1 saturated heterocycles. The number of hydrogen-bond acceptors (Lipinski definition) is 5. The minimum absolute atomic E-state index is 0.0367. The largest absolute Gasteiger partial charge is 0.350 e. The van der Waals surface area contributed by atoms with Gasteiger partial charge in [-0.05, 0) is 18.4 Å². The lowest BCUT2D eigenvalue weighted by molar-refractivity contribution is 0.419. The van der Waals surface area contributed by atoms with E-state index >= 15 is 0 Å². The lowest BCUT2D eigenvalue weighted by atomic mass is 10.0. The summed E-state index contributed by atoms with van der Waals surface area (Å²) in [6.07, 6.45) is 7.37. The number of nitrogens with zero attached hydrogens (tertiary/aromatic N) is 4. The lowest BCUT2D eigenvalue weighted by Gasteiger charge is -2.33. The van der Waals surface area contributed by atoms with E-state index in [9.17, 15) is 4.79 Å². The zero-order valence-electron chi connectivity index (χ0n) is 14.3. The molecule has 3 aromatic rings. The molecule has 1 aromatic carbocycles. The van der Waals surface area contributed by atoms with Crippen molar-refractivity contribution < 1.29 is 0 Å². The topological polar surface area (TPSA) is 78.8 Å². The third-order valence-corrected chi connectivity index (χ3v) is 4.86. The summed E-state index contributed by atoms with van der Waals surface area (Å²) >= 11 is 0.